The van der Waals surface area contributed by atoms with Gasteiger partial charge in [-0.1, -0.05) is 32.3 Å². The van der Waals surface area contributed by atoms with Crippen molar-refractivity contribution in [1.29, 1.82) is 0 Å². The third kappa shape index (κ3) is 2.95. The van der Waals surface area contributed by atoms with Crippen LogP contribution >= 0.6 is 0 Å². The first kappa shape index (κ1) is 13.4. The van der Waals surface area contributed by atoms with Crippen molar-refractivity contribution in [3.8, 4) is 0 Å². The molecule has 2 heteroatoms. The lowest BCUT2D eigenvalue weighted by Gasteiger charge is -2.19. The molecule has 1 aliphatic rings. The fourth-order valence-corrected chi connectivity index (χ4v) is 3.38. The van der Waals surface area contributed by atoms with Gasteiger partial charge in [0.05, 0.1) is 5.52 Å². The van der Waals surface area contributed by atoms with Gasteiger partial charge in [0.15, 0.2) is 0 Å². The summed E-state index contributed by atoms with van der Waals surface area (Å²) in [7, 11) is 0. The van der Waals surface area contributed by atoms with Crippen molar-refractivity contribution in [2.45, 2.75) is 51.5 Å². The molecular weight excluding hydrogens is 244 g/mol. The zero-order chi connectivity index (χ0) is 13.8. The summed E-state index contributed by atoms with van der Waals surface area (Å²) in [5.41, 5.74) is 2.33. The van der Waals surface area contributed by atoms with E-state index in [1.165, 1.54) is 49.6 Å². The van der Waals surface area contributed by atoms with Crippen LogP contribution in [0.5, 0.6) is 0 Å². The molecule has 1 N–H and O–H groups in total. The fourth-order valence-electron chi connectivity index (χ4n) is 3.38. The molecule has 1 aromatic carbocycles. The van der Waals surface area contributed by atoms with Crippen molar-refractivity contribution >= 4 is 16.6 Å². The Kier molecular flexibility index (Phi) is 4.19. The van der Waals surface area contributed by atoms with E-state index in [9.17, 15) is 0 Å². The second kappa shape index (κ2) is 6.25. The van der Waals surface area contributed by atoms with Gasteiger partial charge in [-0.05, 0) is 49.4 Å². The second-order valence-electron chi connectivity index (χ2n) is 6.00. The van der Waals surface area contributed by atoms with Crippen molar-refractivity contribution < 1.29 is 0 Å². The number of benzene rings is 1. The summed E-state index contributed by atoms with van der Waals surface area (Å²) in [6, 6.07) is 11.2. The monoisotopic (exact) mass is 268 g/mol. The third-order valence-electron chi connectivity index (χ3n) is 4.67. The predicted octanol–water partition coefficient (Wildman–Crippen LogP) is 5.01. The molecule has 1 fully saturated rings. The molecule has 0 radical (unpaired) electrons. The molecule has 2 aromatic rings. The molecular formula is C18H24N2. The Bertz CT molecular complexity index is 559. The van der Waals surface area contributed by atoms with Crippen LogP contribution in [0.4, 0.5) is 5.69 Å². The van der Waals surface area contributed by atoms with E-state index in [1.807, 2.05) is 12.3 Å². The first-order chi connectivity index (χ1) is 9.86. The van der Waals surface area contributed by atoms with Crippen molar-refractivity contribution in [3.63, 3.8) is 0 Å². The highest BCUT2D eigenvalue weighted by Gasteiger charge is 2.18. The van der Waals surface area contributed by atoms with E-state index in [4.69, 9.17) is 0 Å². The van der Waals surface area contributed by atoms with E-state index >= 15 is 0 Å². The van der Waals surface area contributed by atoms with Crippen LogP contribution in [0.2, 0.25) is 0 Å². The van der Waals surface area contributed by atoms with Gasteiger partial charge in [0.2, 0.25) is 0 Å². The van der Waals surface area contributed by atoms with Crippen molar-refractivity contribution in [3.05, 3.63) is 36.5 Å². The van der Waals surface area contributed by atoms with Crippen LogP contribution in [0.3, 0.4) is 0 Å². The lowest BCUT2D eigenvalue weighted by Crippen LogP contribution is -2.18. The standard InChI is InChI=1S/C18H24N2/c1-2-14-6-3-7-15(12-11-14)20-18-10-4-9-17-16(18)8-5-13-19-17/h4-5,8-10,13-15,20H,2-3,6-7,11-12H2,1H3. The Balaban J connectivity index is 1.76. The quantitative estimate of drug-likeness (QED) is 0.792. The molecule has 0 spiro atoms. The van der Waals surface area contributed by atoms with Crippen LogP contribution < -0.4 is 5.32 Å². The van der Waals surface area contributed by atoms with Crippen molar-refractivity contribution in [2.75, 3.05) is 5.32 Å². The smallest absolute Gasteiger partial charge is 0.0722 e. The topological polar surface area (TPSA) is 24.9 Å². The fraction of sp³-hybridized carbons (Fsp3) is 0.500. The summed E-state index contributed by atoms with van der Waals surface area (Å²) in [6.45, 7) is 2.33. The normalized spacial score (nSPS) is 23.4. The number of anilines is 1. The molecule has 2 atom stereocenters. The van der Waals surface area contributed by atoms with Gasteiger partial charge >= 0.3 is 0 Å². The first-order valence-electron chi connectivity index (χ1n) is 7.97. The maximum atomic E-state index is 4.44. The molecule has 2 unspecified atom stereocenters. The molecule has 3 rings (SSSR count). The van der Waals surface area contributed by atoms with Crippen LogP contribution in [0.1, 0.15) is 45.4 Å². The summed E-state index contributed by atoms with van der Waals surface area (Å²) < 4.78 is 0. The highest BCUT2D eigenvalue weighted by molar-refractivity contribution is 5.91. The van der Waals surface area contributed by atoms with E-state index < -0.39 is 0 Å². The number of hydrogen-bond donors (Lipinski definition) is 1. The van der Waals surface area contributed by atoms with Gasteiger partial charge in [-0.25, -0.2) is 0 Å². The number of aromatic nitrogens is 1. The number of pyridine rings is 1. The molecule has 1 heterocycles. The highest BCUT2D eigenvalue weighted by atomic mass is 14.9. The van der Waals surface area contributed by atoms with Gasteiger partial charge in [0.1, 0.15) is 0 Å². The van der Waals surface area contributed by atoms with Crippen LogP contribution in [-0.2, 0) is 0 Å². The molecule has 1 aromatic heterocycles. The average Bonchev–Trinajstić information content (AvgIpc) is 2.73. The van der Waals surface area contributed by atoms with Crippen LogP contribution in [0, 0.1) is 5.92 Å². The Morgan fingerprint density at radius 2 is 2.05 bits per heavy atom. The SMILES string of the molecule is CCC1CCCC(Nc2cccc3ncccc23)CC1. The summed E-state index contributed by atoms with van der Waals surface area (Å²) in [4.78, 5) is 4.44. The van der Waals surface area contributed by atoms with E-state index in [-0.39, 0.29) is 0 Å². The van der Waals surface area contributed by atoms with Gasteiger partial charge < -0.3 is 5.32 Å². The Morgan fingerprint density at radius 3 is 2.95 bits per heavy atom. The minimum absolute atomic E-state index is 0.623. The molecule has 0 amide bonds. The number of hydrogen-bond acceptors (Lipinski definition) is 2. The van der Waals surface area contributed by atoms with Crippen molar-refractivity contribution in [2.24, 2.45) is 5.92 Å². The Morgan fingerprint density at radius 1 is 1.10 bits per heavy atom. The molecule has 0 bridgehead atoms. The van der Waals surface area contributed by atoms with Gasteiger partial charge in [-0.2, -0.15) is 0 Å². The minimum Gasteiger partial charge on any atom is -0.382 e. The maximum absolute atomic E-state index is 4.44. The number of nitrogens with zero attached hydrogens (tertiary/aromatic N) is 1. The molecule has 1 saturated carbocycles. The maximum Gasteiger partial charge on any atom is 0.0722 e. The van der Waals surface area contributed by atoms with Gasteiger partial charge in [-0.15, -0.1) is 0 Å². The van der Waals surface area contributed by atoms with Crippen LogP contribution in [0.25, 0.3) is 10.9 Å². The summed E-state index contributed by atoms with van der Waals surface area (Å²) in [5, 5.41) is 5.01. The Labute approximate surface area is 121 Å². The number of fused-ring (bicyclic) bond motifs is 1. The lowest BCUT2D eigenvalue weighted by atomic mass is 9.98. The predicted molar refractivity (Wildman–Crippen MR) is 86.0 cm³/mol. The highest BCUT2D eigenvalue weighted by Crippen LogP contribution is 2.29. The minimum atomic E-state index is 0.623. The Hall–Kier alpha value is -1.57. The van der Waals surface area contributed by atoms with Crippen molar-refractivity contribution in [1.82, 2.24) is 4.98 Å². The zero-order valence-corrected chi connectivity index (χ0v) is 12.3. The largest absolute Gasteiger partial charge is 0.382 e. The lowest BCUT2D eigenvalue weighted by molar-refractivity contribution is 0.444. The van der Waals surface area contributed by atoms with Gasteiger partial charge in [0.25, 0.3) is 0 Å². The molecule has 0 saturated heterocycles. The number of rotatable bonds is 3. The summed E-state index contributed by atoms with van der Waals surface area (Å²) in [5.74, 6) is 0.941. The molecule has 1 aliphatic carbocycles. The first-order valence-corrected chi connectivity index (χ1v) is 7.97. The zero-order valence-electron chi connectivity index (χ0n) is 12.3. The van der Waals surface area contributed by atoms with E-state index in [0.717, 1.165) is 11.4 Å². The number of nitrogens with one attached hydrogen (secondary N) is 1. The van der Waals surface area contributed by atoms with Crippen LogP contribution in [-0.4, -0.2) is 11.0 Å². The molecule has 0 aliphatic heterocycles. The van der Waals surface area contributed by atoms with Gasteiger partial charge in [0, 0.05) is 23.3 Å². The summed E-state index contributed by atoms with van der Waals surface area (Å²) >= 11 is 0. The third-order valence-corrected chi connectivity index (χ3v) is 4.67. The van der Waals surface area contributed by atoms with E-state index in [2.05, 4.69) is 41.5 Å². The second-order valence-corrected chi connectivity index (χ2v) is 6.00. The average molecular weight is 268 g/mol. The van der Waals surface area contributed by atoms with Gasteiger partial charge in [-0.3, -0.25) is 4.98 Å². The van der Waals surface area contributed by atoms with Crippen LogP contribution in [0.15, 0.2) is 36.5 Å². The summed E-state index contributed by atoms with van der Waals surface area (Å²) in [6.07, 6.45) is 9.94. The molecule has 106 valence electrons. The molecule has 20 heavy (non-hydrogen) atoms. The van der Waals surface area contributed by atoms with E-state index in [1.54, 1.807) is 0 Å². The van der Waals surface area contributed by atoms with E-state index in [0.29, 0.717) is 6.04 Å². The molecule has 2 nitrogen and oxygen atoms in total.